The summed E-state index contributed by atoms with van der Waals surface area (Å²) in [6, 6.07) is 9.22. The quantitative estimate of drug-likeness (QED) is 0.779. The Balaban J connectivity index is 0.00000264. The molecule has 0 aliphatic carbocycles. The Labute approximate surface area is 142 Å². The van der Waals surface area contributed by atoms with Crippen molar-refractivity contribution in [3.8, 4) is 0 Å². The normalized spacial score (nSPS) is 17.5. The maximum atomic E-state index is 12.3. The van der Waals surface area contributed by atoms with Crippen LogP contribution in [0, 0.1) is 0 Å². The number of halogens is 1. The van der Waals surface area contributed by atoms with Crippen molar-refractivity contribution in [2.24, 2.45) is 5.73 Å². The molecule has 1 aliphatic rings. The summed E-state index contributed by atoms with van der Waals surface area (Å²) < 4.78 is 10.1. The summed E-state index contributed by atoms with van der Waals surface area (Å²) in [7, 11) is 1.34. The molecule has 1 fully saturated rings. The summed E-state index contributed by atoms with van der Waals surface area (Å²) in [6.07, 6.45) is 0.958. The third-order valence-corrected chi connectivity index (χ3v) is 3.99. The molecule has 0 aromatic heterocycles. The van der Waals surface area contributed by atoms with Gasteiger partial charge < -0.3 is 20.5 Å². The van der Waals surface area contributed by atoms with Crippen molar-refractivity contribution in [2.75, 3.05) is 26.9 Å². The van der Waals surface area contributed by atoms with Gasteiger partial charge in [0.1, 0.15) is 0 Å². The van der Waals surface area contributed by atoms with Crippen molar-refractivity contribution in [3.63, 3.8) is 0 Å². The van der Waals surface area contributed by atoms with E-state index in [2.05, 4.69) is 5.32 Å². The summed E-state index contributed by atoms with van der Waals surface area (Å²) >= 11 is 0. The van der Waals surface area contributed by atoms with Crippen LogP contribution in [0.1, 0.15) is 24.3 Å². The first-order valence-corrected chi connectivity index (χ1v) is 7.34. The van der Waals surface area contributed by atoms with Gasteiger partial charge in [0, 0.05) is 19.8 Å². The number of carbonyl (C=O) groups is 2. The van der Waals surface area contributed by atoms with E-state index in [-0.39, 0.29) is 30.8 Å². The van der Waals surface area contributed by atoms with Crippen LogP contribution in [-0.4, -0.2) is 44.3 Å². The van der Waals surface area contributed by atoms with Crippen LogP contribution in [-0.2, 0) is 19.1 Å². The number of hydrogen-bond donors (Lipinski definition) is 2. The number of hydrogen-bond acceptors (Lipinski definition) is 5. The number of benzene rings is 1. The third kappa shape index (κ3) is 4.92. The maximum Gasteiger partial charge on any atom is 0.314 e. The van der Waals surface area contributed by atoms with Crippen LogP contribution in [0.5, 0.6) is 0 Å². The molecular weight excluding hydrogens is 320 g/mol. The number of nitrogens with two attached hydrogens (primary N) is 1. The zero-order valence-corrected chi connectivity index (χ0v) is 13.9. The van der Waals surface area contributed by atoms with Crippen LogP contribution < -0.4 is 11.1 Å². The lowest BCUT2D eigenvalue weighted by atomic mass is 9.90. The molecule has 0 radical (unpaired) electrons. The van der Waals surface area contributed by atoms with E-state index in [4.69, 9.17) is 15.2 Å². The number of amides is 1. The maximum absolute atomic E-state index is 12.3. The average molecular weight is 343 g/mol. The summed E-state index contributed by atoms with van der Waals surface area (Å²) in [6.45, 7) is 1.11. The van der Waals surface area contributed by atoms with Gasteiger partial charge in [0.25, 0.3) is 0 Å². The van der Waals surface area contributed by atoms with Gasteiger partial charge in [-0.05, 0) is 18.4 Å². The standard InChI is InChI=1S/C16H22N2O4.ClH/c1-21-14(19)13(12-5-3-2-4-6-12)11-18-15(20)16(17)7-9-22-10-8-16;/h2-6,13H,7-11,17H2,1H3,(H,18,20);1H. The first-order chi connectivity index (χ1) is 10.6. The number of methoxy groups -OCH3 is 1. The summed E-state index contributed by atoms with van der Waals surface area (Å²) in [5.41, 5.74) is 6.01. The van der Waals surface area contributed by atoms with Crippen LogP contribution >= 0.6 is 12.4 Å². The molecule has 6 nitrogen and oxygen atoms in total. The predicted molar refractivity (Wildman–Crippen MR) is 88.4 cm³/mol. The van der Waals surface area contributed by atoms with Crippen molar-refractivity contribution in [3.05, 3.63) is 35.9 Å². The molecule has 1 aromatic carbocycles. The highest BCUT2D eigenvalue weighted by molar-refractivity contribution is 5.87. The first kappa shape index (κ1) is 19.4. The van der Waals surface area contributed by atoms with Gasteiger partial charge in [-0.3, -0.25) is 9.59 Å². The molecule has 128 valence electrons. The molecule has 0 saturated carbocycles. The summed E-state index contributed by atoms with van der Waals surface area (Å²) in [5, 5.41) is 2.79. The second kappa shape index (κ2) is 8.86. The molecule has 2 rings (SSSR count). The number of nitrogens with one attached hydrogen (secondary N) is 1. The van der Waals surface area contributed by atoms with Crippen LogP contribution in [0.15, 0.2) is 30.3 Å². The van der Waals surface area contributed by atoms with Gasteiger partial charge in [-0.25, -0.2) is 0 Å². The Morgan fingerprint density at radius 3 is 2.48 bits per heavy atom. The van der Waals surface area contributed by atoms with E-state index in [1.807, 2.05) is 30.3 Å². The van der Waals surface area contributed by atoms with E-state index in [1.165, 1.54) is 7.11 Å². The zero-order valence-electron chi connectivity index (χ0n) is 13.1. The van der Waals surface area contributed by atoms with Gasteiger partial charge in [0.15, 0.2) is 0 Å². The highest BCUT2D eigenvalue weighted by atomic mass is 35.5. The van der Waals surface area contributed by atoms with Gasteiger partial charge in [-0.2, -0.15) is 0 Å². The number of ether oxygens (including phenoxy) is 2. The van der Waals surface area contributed by atoms with E-state index < -0.39 is 11.5 Å². The second-order valence-electron chi connectivity index (χ2n) is 5.46. The highest BCUT2D eigenvalue weighted by Gasteiger charge is 2.36. The Morgan fingerprint density at radius 1 is 1.30 bits per heavy atom. The number of carbonyl (C=O) groups excluding carboxylic acids is 2. The van der Waals surface area contributed by atoms with E-state index in [1.54, 1.807) is 0 Å². The van der Waals surface area contributed by atoms with E-state index in [0.29, 0.717) is 26.1 Å². The molecule has 23 heavy (non-hydrogen) atoms. The highest BCUT2D eigenvalue weighted by Crippen LogP contribution is 2.20. The average Bonchev–Trinajstić information content (AvgIpc) is 2.56. The van der Waals surface area contributed by atoms with Gasteiger partial charge in [0.2, 0.25) is 5.91 Å². The zero-order chi connectivity index (χ0) is 16.0. The third-order valence-electron chi connectivity index (χ3n) is 3.99. The topological polar surface area (TPSA) is 90.7 Å². The molecule has 7 heteroatoms. The molecule has 1 amide bonds. The molecule has 1 heterocycles. The Kier molecular flexibility index (Phi) is 7.48. The fourth-order valence-electron chi connectivity index (χ4n) is 2.50. The van der Waals surface area contributed by atoms with E-state index in [9.17, 15) is 9.59 Å². The molecular formula is C16H23ClN2O4. The molecule has 3 N–H and O–H groups in total. The first-order valence-electron chi connectivity index (χ1n) is 7.34. The van der Waals surface area contributed by atoms with Gasteiger partial charge in [-0.15, -0.1) is 12.4 Å². The lowest BCUT2D eigenvalue weighted by molar-refractivity contribution is -0.142. The van der Waals surface area contributed by atoms with Crippen molar-refractivity contribution in [2.45, 2.75) is 24.3 Å². The number of rotatable bonds is 5. The lowest BCUT2D eigenvalue weighted by Gasteiger charge is -2.32. The minimum Gasteiger partial charge on any atom is -0.468 e. The van der Waals surface area contributed by atoms with Crippen LogP contribution in [0.25, 0.3) is 0 Å². The van der Waals surface area contributed by atoms with E-state index >= 15 is 0 Å². The predicted octanol–water partition coefficient (Wildman–Crippen LogP) is 0.989. The molecule has 1 saturated heterocycles. The summed E-state index contributed by atoms with van der Waals surface area (Å²) in [4.78, 5) is 24.3. The minimum absolute atomic E-state index is 0. The van der Waals surface area contributed by atoms with Gasteiger partial charge in [-0.1, -0.05) is 30.3 Å². The van der Waals surface area contributed by atoms with Crippen molar-refractivity contribution in [1.29, 1.82) is 0 Å². The Morgan fingerprint density at radius 2 is 1.91 bits per heavy atom. The van der Waals surface area contributed by atoms with Gasteiger partial charge in [0.05, 0.1) is 18.6 Å². The van der Waals surface area contributed by atoms with Crippen molar-refractivity contribution in [1.82, 2.24) is 5.32 Å². The molecule has 1 aliphatic heterocycles. The molecule has 1 aromatic rings. The van der Waals surface area contributed by atoms with Crippen LogP contribution in [0.2, 0.25) is 0 Å². The molecule has 1 unspecified atom stereocenters. The number of esters is 1. The largest absolute Gasteiger partial charge is 0.468 e. The SMILES string of the molecule is COC(=O)C(CNC(=O)C1(N)CCOCC1)c1ccccc1.Cl. The van der Waals surface area contributed by atoms with Crippen molar-refractivity contribution < 1.29 is 19.1 Å². The molecule has 0 spiro atoms. The Hall–Kier alpha value is -1.63. The molecule has 0 bridgehead atoms. The lowest BCUT2D eigenvalue weighted by Crippen LogP contribution is -2.57. The minimum atomic E-state index is -0.921. The van der Waals surface area contributed by atoms with Gasteiger partial charge >= 0.3 is 5.97 Å². The van der Waals surface area contributed by atoms with E-state index in [0.717, 1.165) is 5.56 Å². The smallest absolute Gasteiger partial charge is 0.314 e. The monoisotopic (exact) mass is 342 g/mol. The second-order valence-corrected chi connectivity index (χ2v) is 5.46. The summed E-state index contributed by atoms with van der Waals surface area (Å²) in [5.74, 6) is -1.18. The van der Waals surface area contributed by atoms with Crippen LogP contribution in [0.3, 0.4) is 0 Å². The van der Waals surface area contributed by atoms with Crippen molar-refractivity contribution >= 4 is 24.3 Å². The molecule has 1 atom stereocenters. The fraction of sp³-hybridized carbons (Fsp3) is 0.500. The Bertz CT molecular complexity index is 518. The fourth-order valence-corrected chi connectivity index (χ4v) is 2.50. The van der Waals surface area contributed by atoms with Crippen LogP contribution in [0.4, 0.5) is 0 Å².